The lowest BCUT2D eigenvalue weighted by Gasteiger charge is -2.32. The summed E-state index contributed by atoms with van der Waals surface area (Å²) in [6, 6.07) is 29.3. The Bertz CT molecular complexity index is 2840. The molecule has 8 rings (SSSR count). The van der Waals surface area contributed by atoms with Gasteiger partial charge in [-0.1, -0.05) is 48.5 Å². The Morgan fingerprint density at radius 2 is 1.19 bits per heavy atom. The summed E-state index contributed by atoms with van der Waals surface area (Å²) in [5.74, 6) is 4.63. The Balaban J connectivity index is 0.000000280. The van der Waals surface area contributed by atoms with Gasteiger partial charge in [0.15, 0.2) is 5.56 Å². The molecular formula is C56H75Cl2N9O12S4. The van der Waals surface area contributed by atoms with Crippen molar-refractivity contribution in [2.45, 2.75) is 59.3 Å². The number of nitrogens with one attached hydrogen (secondary N) is 1. The van der Waals surface area contributed by atoms with Gasteiger partial charge in [0.05, 0.1) is 38.1 Å². The number of amides is 1. The van der Waals surface area contributed by atoms with E-state index in [0.29, 0.717) is 13.1 Å². The zero-order valence-electron chi connectivity index (χ0n) is 48.2. The second-order valence-corrected chi connectivity index (χ2v) is 24.5. The van der Waals surface area contributed by atoms with Crippen LogP contribution in [0, 0.1) is 30.3 Å². The average Bonchev–Trinajstić information content (AvgIpc) is 4.12. The number of benzene rings is 4. The summed E-state index contributed by atoms with van der Waals surface area (Å²) in [7, 11) is 8.74. The lowest BCUT2D eigenvalue weighted by atomic mass is 10.2. The van der Waals surface area contributed by atoms with Gasteiger partial charge in [-0.05, 0) is 84.7 Å². The topological polar surface area (TPSA) is 244 Å². The highest BCUT2D eigenvalue weighted by Crippen LogP contribution is 2.39. The van der Waals surface area contributed by atoms with Gasteiger partial charge >= 0.3 is 11.5 Å². The van der Waals surface area contributed by atoms with Gasteiger partial charge in [0.2, 0.25) is 0 Å². The number of carbonyl (C=O) groups is 2. The molecule has 0 fully saturated rings. The minimum atomic E-state index is -0.873. The summed E-state index contributed by atoms with van der Waals surface area (Å²) < 4.78 is 14.7. The van der Waals surface area contributed by atoms with E-state index in [1.54, 1.807) is 102 Å². The third-order valence-corrected chi connectivity index (χ3v) is 15.8. The first-order chi connectivity index (χ1) is 39.5. The van der Waals surface area contributed by atoms with Crippen molar-refractivity contribution in [1.29, 1.82) is 0 Å². The largest absolute Gasteiger partial charge is 0.464 e. The van der Waals surface area contributed by atoms with Gasteiger partial charge < -0.3 is 48.8 Å². The van der Waals surface area contributed by atoms with Crippen LogP contribution in [0.15, 0.2) is 129 Å². The Hall–Kier alpha value is -5.90. The summed E-state index contributed by atoms with van der Waals surface area (Å²) in [4.78, 5) is 67.4. The molecule has 0 spiro atoms. The summed E-state index contributed by atoms with van der Waals surface area (Å²) in [5, 5.41) is 42.5. The molecule has 3 aliphatic rings. The molecule has 1 aromatic heterocycles. The Kier molecular flexibility index (Phi) is 32.2. The zero-order chi connectivity index (χ0) is 61.6. The monoisotopic (exact) mass is 1260 g/mol. The number of hydrogen-bond donors (Lipinski definition) is 2. The number of furan rings is 1. The van der Waals surface area contributed by atoms with Crippen LogP contribution in [-0.2, 0) is 15.2 Å². The number of non-ortho nitro benzene ring substituents is 3. The van der Waals surface area contributed by atoms with Gasteiger partial charge in [-0.2, -0.15) is 0 Å². The number of aliphatic hydroxyl groups is 1. The zero-order valence-corrected chi connectivity index (χ0v) is 53.0. The molecule has 1 atom stereocenters. The van der Waals surface area contributed by atoms with Gasteiger partial charge in [-0.3, -0.25) is 30.3 Å². The van der Waals surface area contributed by atoms with E-state index in [4.69, 9.17) is 37.5 Å². The molecular weight excluding hydrogens is 1190 g/mol. The van der Waals surface area contributed by atoms with E-state index in [-0.39, 0.29) is 37.9 Å². The number of anilines is 3. The van der Waals surface area contributed by atoms with E-state index >= 15 is 0 Å². The van der Waals surface area contributed by atoms with Crippen LogP contribution in [0.4, 0.5) is 43.7 Å². The SMILES string of the molecule is C=C(SCc1ccccc1)c1ccco1.CC(Cl)OC(=O)Cl.CN(C)CCN1CCSc2cc([N+](=O)[O-])ccc21.CN(CCN1CCSc2cc([N+](=O)[O-])ccc21)C(=O)OC(C)(C)C.CNCCN1CCSc2cc([N+](=O)[O-])ccc21.CO. The van der Waals surface area contributed by atoms with E-state index in [1.807, 2.05) is 70.3 Å². The number of nitro benzene ring substituents is 3. The lowest BCUT2D eigenvalue weighted by Crippen LogP contribution is -2.40. The van der Waals surface area contributed by atoms with E-state index in [1.165, 1.54) is 18.6 Å². The third kappa shape index (κ3) is 26.3. The van der Waals surface area contributed by atoms with Crippen molar-refractivity contribution in [2.24, 2.45) is 0 Å². The number of rotatable bonds is 17. The molecule has 0 bridgehead atoms. The normalized spacial score (nSPS) is 13.2. The number of likely N-dealkylation sites (N-methyl/N-ethyl adjacent to an activating group) is 3. The fourth-order valence-electron chi connectivity index (χ4n) is 7.49. The standard InChI is InChI=1S/C16H23N3O4S.C13H12OS.C12H17N3O2S.C11H15N3O2S.C3H4Cl2O2.CH4O/c1-16(2,3)23-15(20)17(4)7-8-18-9-10-24-14-11-12(19(21)22)5-6-13(14)18;1-11(13-8-5-9-14-13)15-10-12-6-3-2-4-7-12;1-13(2)5-6-14-7-8-18-12-9-10(15(16)17)3-4-11(12)14;1-12-4-5-13-6-7-17-11-8-9(14(15)16)2-3-10(11)13;1-2(4)7-3(5)6;1-2/h5-6,11H,7-10H2,1-4H3;2-9H,1,10H2;3-4,9H,5-8H2,1-2H3;2-3,8,12H,4-7H2,1H3;2H,1H3;2H,1H3. The second-order valence-electron chi connectivity index (χ2n) is 19.1. The number of nitro groups is 3. The number of ether oxygens (including phenoxy) is 2. The number of hydrogen-bond acceptors (Lipinski definition) is 21. The van der Waals surface area contributed by atoms with Gasteiger partial charge in [-0.15, -0.1) is 47.0 Å². The quantitative estimate of drug-likeness (QED) is 0.0380. The second kappa shape index (κ2) is 37.4. The first kappa shape index (κ1) is 71.4. The van der Waals surface area contributed by atoms with Gasteiger partial charge in [0.25, 0.3) is 17.1 Å². The average molecular weight is 1270 g/mol. The first-order valence-corrected chi connectivity index (χ1v) is 30.8. The molecule has 3 aliphatic heterocycles. The number of carbonyl (C=O) groups excluding carboxylic acids is 2. The van der Waals surface area contributed by atoms with Crippen LogP contribution in [0.5, 0.6) is 0 Å². The highest BCUT2D eigenvalue weighted by Gasteiger charge is 2.25. The highest BCUT2D eigenvalue weighted by molar-refractivity contribution is 8.07. The Morgan fingerprint density at radius 1 is 0.747 bits per heavy atom. The molecule has 1 amide bonds. The van der Waals surface area contributed by atoms with Crippen LogP contribution in [0.1, 0.15) is 39.0 Å². The van der Waals surface area contributed by atoms with Gasteiger partial charge in [0, 0.05) is 164 Å². The van der Waals surface area contributed by atoms with Gasteiger partial charge in [0.1, 0.15) is 11.4 Å². The maximum absolute atomic E-state index is 12.0. The molecule has 5 aromatic rings. The van der Waals surface area contributed by atoms with Crippen molar-refractivity contribution >= 4 is 121 Å². The van der Waals surface area contributed by atoms with Crippen LogP contribution in [0.3, 0.4) is 0 Å². The maximum atomic E-state index is 12.0. The van der Waals surface area contributed by atoms with Gasteiger partial charge in [-0.25, -0.2) is 9.59 Å². The third-order valence-electron chi connectivity index (χ3n) is 11.5. The summed E-state index contributed by atoms with van der Waals surface area (Å²) >= 11 is 16.6. The Labute approximate surface area is 513 Å². The molecule has 454 valence electrons. The molecule has 0 saturated carbocycles. The molecule has 27 heteroatoms. The molecule has 1 unspecified atom stereocenters. The molecule has 4 heterocycles. The maximum Gasteiger partial charge on any atom is 0.410 e. The van der Waals surface area contributed by atoms with Crippen LogP contribution >= 0.6 is 70.2 Å². The van der Waals surface area contributed by atoms with Crippen LogP contribution in [-0.4, -0.2) is 164 Å². The number of halogens is 2. The Morgan fingerprint density at radius 3 is 1.55 bits per heavy atom. The van der Waals surface area contributed by atoms with Crippen molar-refractivity contribution in [3.63, 3.8) is 0 Å². The lowest BCUT2D eigenvalue weighted by molar-refractivity contribution is -0.385. The van der Waals surface area contributed by atoms with Crippen molar-refractivity contribution in [3.8, 4) is 0 Å². The molecule has 0 saturated heterocycles. The number of fused-ring (bicyclic) bond motifs is 3. The van der Waals surface area contributed by atoms with E-state index in [2.05, 4.69) is 62.5 Å². The fourth-order valence-corrected chi connectivity index (χ4v) is 11.8. The fraction of sp³-hybridized carbons (Fsp3) is 0.429. The van der Waals surface area contributed by atoms with E-state index in [0.717, 1.165) is 118 Å². The number of alkyl halides is 1. The van der Waals surface area contributed by atoms with E-state index in [9.17, 15) is 39.9 Å². The predicted molar refractivity (Wildman–Crippen MR) is 341 cm³/mol. The number of aliphatic hydroxyl groups excluding tert-OH is 1. The van der Waals surface area contributed by atoms with Crippen molar-refractivity contribution < 1.29 is 43.4 Å². The van der Waals surface area contributed by atoms with Crippen molar-refractivity contribution in [1.82, 2.24) is 15.1 Å². The number of thioether (sulfide) groups is 4. The molecule has 0 radical (unpaired) electrons. The molecule has 4 aromatic carbocycles. The smallest absolute Gasteiger partial charge is 0.410 e. The summed E-state index contributed by atoms with van der Waals surface area (Å²) in [6.45, 7) is 18.8. The highest BCUT2D eigenvalue weighted by atomic mass is 35.5. The molecule has 83 heavy (non-hydrogen) atoms. The van der Waals surface area contributed by atoms with E-state index < -0.39 is 16.6 Å². The molecule has 2 N–H and O–H groups in total. The molecule has 21 nitrogen and oxygen atoms in total. The van der Waals surface area contributed by atoms with Crippen molar-refractivity contribution in [2.75, 3.05) is 126 Å². The van der Waals surface area contributed by atoms with Crippen LogP contribution in [0.25, 0.3) is 4.91 Å². The predicted octanol–water partition coefficient (Wildman–Crippen LogP) is 12.9. The molecule has 0 aliphatic carbocycles. The summed E-state index contributed by atoms with van der Waals surface area (Å²) in [5.41, 5.74) is 2.95. The summed E-state index contributed by atoms with van der Waals surface area (Å²) in [6.07, 6.45) is 1.32. The van der Waals surface area contributed by atoms with Crippen LogP contribution < -0.4 is 20.0 Å². The van der Waals surface area contributed by atoms with Crippen LogP contribution in [0.2, 0.25) is 0 Å². The first-order valence-electron chi connectivity index (χ1n) is 26.0. The number of nitrogens with zero attached hydrogens (tertiary/aromatic N) is 8. The minimum Gasteiger partial charge on any atom is -0.464 e. The minimum absolute atomic E-state index is 0.106. The van der Waals surface area contributed by atoms with Crippen molar-refractivity contribution in [3.05, 3.63) is 152 Å².